The van der Waals surface area contributed by atoms with Crippen LogP contribution in [0.1, 0.15) is 26.2 Å². The Bertz CT molecular complexity index is 300. The SMILES string of the molecule is CNC[C@H](C)CNS(=O)(=O)C[C@@H]1CCCCO1. The molecule has 0 aromatic carbocycles. The summed E-state index contributed by atoms with van der Waals surface area (Å²) in [6, 6.07) is 0. The summed E-state index contributed by atoms with van der Waals surface area (Å²) >= 11 is 0. The number of hydrogen-bond donors (Lipinski definition) is 2. The Morgan fingerprint density at radius 3 is 2.71 bits per heavy atom. The second kappa shape index (κ2) is 7.31. The molecule has 2 atom stereocenters. The molecule has 2 N–H and O–H groups in total. The van der Waals surface area contributed by atoms with Gasteiger partial charge in [0.05, 0.1) is 11.9 Å². The van der Waals surface area contributed by atoms with Crippen LogP contribution in [0.3, 0.4) is 0 Å². The highest BCUT2D eigenvalue weighted by molar-refractivity contribution is 7.89. The van der Waals surface area contributed by atoms with Crippen LogP contribution in [0.4, 0.5) is 0 Å². The van der Waals surface area contributed by atoms with Crippen molar-refractivity contribution in [2.75, 3.05) is 32.5 Å². The van der Waals surface area contributed by atoms with Gasteiger partial charge in [-0.05, 0) is 38.8 Å². The summed E-state index contributed by atoms with van der Waals surface area (Å²) in [5.41, 5.74) is 0. The molecule has 0 amide bonds. The van der Waals surface area contributed by atoms with Gasteiger partial charge in [-0.1, -0.05) is 6.92 Å². The van der Waals surface area contributed by atoms with E-state index in [4.69, 9.17) is 4.74 Å². The minimum atomic E-state index is -3.20. The average molecular weight is 264 g/mol. The molecule has 1 aliphatic rings. The van der Waals surface area contributed by atoms with Gasteiger partial charge in [-0.3, -0.25) is 0 Å². The first-order chi connectivity index (χ1) is 8.03. The molecule has 1 aliphatic heterocycles. The lowest BCUT2D eigenvalue weighted by molar-refractivity contribution is 0.0304. The topological polar surface area (TPSA) is 67.4 Å². The van der Waals surface area contributed by atoms with Crippen LogP contribution in [-0.4, -0.2) is 47.0 Å². The van der Waals surface area contributed by atoms with Crippen LogP contribution < -0.4 is 10.0 Å². The van der Waals surface area contributed by atoms with Gasteiger partial charge in [0.15, 0.2) is 0 Å². The highest BCUT2D eigenvalue weighted by atomic mass is 32.2. The molecule has 1 fully saturated rings. The van der Waals surface area contributed by atoms with E-state index < -0.39 is 10.0 Å². The average Bonchev–Trinajstić information content (AvgIpc) is 2.28. The number of rotatable bonds is 7. The quantitative estimate of drug-likeness (QED) is 0.695. The zero-order valence-corrected chi connectivity index (χ0v) is 11.6. The van der Waals surface area contributed by atoms with Gasteiger partial charge in [0.25, 0.3) is 0 Å². The fourth-order valence-electron chi connectivity index (χ4n) is 1.93. The lowest BCUT2D eigenvalue weighted by atomic mass is 10.1. The molecule has 1 saturated heterocycles. The molecule has 0 radical (unpaired) electrons. The van der Waals surface area contributed by atoms with Crippen molar-refractivity contribution in [1.82, 2.24) is 10.0 Å². The monoisotopic (exact) mass is 264 g/mol. The van der Waals surface area contributed by atoms with E-state index in [1.54, 1.807) is 0 Å². The van der Waals surface area contributed by atoms with Crippen molar-refractivity contribution in [2.45, 2.75) is 32.3 Å². The van der Waals surface area contributed by atoms with Gasteiger partial charge in [0.2, 0.25) is 10.0 Å². The molecule has 0 saturated carbocycles. The van der Waals surface area contributed by atoms with Crippen LogP contribution in [0.15, 0.2) is 0 Å². The summed E-state index contributed by atoms with van der Waals surface area (Å²) in [6.07, 6.45) is 2.84. The van der Waals surface area contributed by atoms with Crippen LogP contribution in [0.25, 0.3) is 0 Å². The fraction of sp³-hybridized carbons (Fsp3) is 1.00. The van der Waals surface area contributed by atoms with Crippen LogP contribution in [0, 0.1) is 5.92 Å². The van der Waals surface area contributed by atoms with Gasteiger partial charge in [-0.2, -0.15) is 0 Å². The maximum Gasteiger partial charge on any atom is 0.214 e. The Kier molecular flexibility index (Phi) is 6.40. The Morgan fingerprint density at radius 1 is 1.35 bits per heavy atom. The smallest absolute Gasteiger partial charge is 0.214 e. The summed E-state index contributed by atoms with van der Waals surface area (Å²) < 4.78 is 31.7. The molecule has 0 bridgehead atoms. The van der Waals surface area contributed by atoms with E-state index >= 15 is 0 Å². The summed E-state index contributed by atoms with van der Waals surface area (Å²) in [6.45, 7) is 3.99. The molecular weight excluding hydrogens is 240 g/mol. The minimum Gasteiger partial charge on any atom is -0.377 e. The van der Waals surface area contributed by atoms with E-state index in [2.05, 4.69) is 10.0 Å². The summed E-state index contributed by atoms with van der Waals surface area (Å²) in [5.74, 6) is 0.390. The predicted octanol–water partition coefficient (Wildman–Crippen LogP) is 0.330. The van der Waals surface area contributed by atoms with Gasteiger partial charge >= 0.3 is 0 Å². The molecule has 6 heteroatoms. The number of nitrogens with one attached hydrogen (secondary N) is 2. The second-order valence-electron chi connectivity index (χ2n) is 4.78. The number of ether oxygens (including phenoxy) is 1. The molecule has 0 spiro atoms. The zero-order chi connectivity index (χ0) is 12.7. The largest absolute Gasteiger partial charge is 0.377 e. The Labute approximate surface area is 104 Å². The van der Waals surface area contributed by atoms with Gasteiger partial charge in [-0.25, -0.2) is 13.1 Å². The van der Waals surface area contributed by atoms with Crippen molar-refractivity contribution < 1.29 is 13.2 Å². The van der Waals surface area contributed by atoms with E-state index in [1.165, 1.54) is 0 Å². The van der Waals surface area contributed by atoms with Gasteiger partial charge in [-0.15, -0.1) is 0 Å². The highest BCUT2D eigenvalue weighted by Gasteiger charge is 2.22. The first-order valence-corrected chi connectivity index (χ1v) is 7.92. The van der Waals surface area contributed by atoms with Crippen LogP contribution in [0.5, 0.6) is 0 Å². The molecule has 5 nitrogen and oxygen atoms in total. The van der Waals surface area contributed by atoms with E-state index in [0.717, 1.165) is 25.8 Å². The van der Waals surface area contributed by atoms with Crippen molar-refractivity contribution in [2.24, 2.45) is 5.92 Å². The van der Waals surface area contributed by atoms with E-state index in [-0.39, 0.29) is 11.9 Å². The van der Waals surface area contributed by atoms with Crippen molar-refractivity contribution in [3.05, 3.63) is 0 Å². The number of hydrogen-bond acceptors (Lipinski definition) is 4. The minimum absolute atomic E-state index is 0.0965. The summed E-state index contributed by atoms with van der Waals surface area (Å²) in [7, 11) is -1.34. The summed E-state index contributed by atoms with van der Waals surface area (Å²) in [4.78, 5) is 0. The maximum atomic E-state index is 11.8. The Morgan fingerprint density at radius 2 is 2.12 bits per heavy atom. The standard InChI is InChI=1S/C11H24N2O3S/c1-10(7-12-2)8-13-17(14,15)9-11-5-3-4-6-16-11/h10-13H,3-9H2,1-2H3/t10-,11-/m0/s1. The van der Waals surface area contributed by atoms with Crippen LogP contribution in [-0.2, 0) is 14.8 Å². The van der Waals surface area contributed by atoms with Gasteiger partial charge in [0, 0.05) is 13.2 Å². The number of sulfonamides is 1. The third-order valence-electron chi connectivity index (χ3n) is 2.88. The predicted molar refractivity (Wildman–Crippen MR) is 68.5 cm³/mol. The normalized spacial score (nSPS) is 23.5. The molecule has 0 aliphatic carbocycles. The molecule has 0 unspecified atom stereocenters. The Balaban J connectivity index is 2.29. The maximum absolute atomic E-state index is 11.8. The van der Waals surface area contributed by atoms with Crippen LogP contribution in [0.2, 0.25) is 0 Å². The van der Waals surface area contributed by atoms with Gasteiger partial charge < -0.3 is 10.1 Å². The van der Waals surface area contributed by atoms with Crippen molar-refractivity contribution in [1.29, 1.82) is 0 Å². The third-order valence-corrected chi connectivity index (χ3v) is 4.30. The summed E-state index contributed by atoms with van der Waals surface area (Å²) in [5, 5.41) is 3.03. The van der Waals surface area contributed by atoms with E-state index in [1.807, 2.05) is 14.0 Å². The fourth-order valence-corrected chi connectivity index (χ4v) is 3.34. The molecule has 1 rings (SSSR count). The molecule has 0 aromatic rings. The molecular formula is C11H24N2O3S. The molecule has 0 aromatic heterocycles. The first-order valence-electron chi connectivity index (χ1n) is 6.27. The highest BCUT2D eigenvalue weighted by Crippen LogP contribution is 2.14. The van der Waals surface area contributed by atoms with E-state index in [9.17, 15) is 8.42 Å². The zero-order valence-electron chi connectivity index (χ0n) is 10.7. The van der Waals surface area contributed by atoms with Crippen molar-refractivity contribution >= 4 is 10.0 Å². The van der Waals surface area contributed by atoms with Crippen molar-refractivity contribution in [3.63, 3.8) is 0 Å². The Hall–Kier alpha value is -0.170. The van der Waals surface area contributed by atoms with Gasteiger partial charge in [0.1, 0.15) is 0 Å². The second-order valence-corrected chi connectivity index (χ2v) is 6.63. The molecule has 17 heavy (non-hydrogen) atoms. The van der Waals surface area contributed by atoms with E-state index in [0.29, 0.717) is 19.1 Å². The van der Waals surface area contributed by atoms with Crippen LogP contribution >= 0.6 is 0 Å². The third kappa shape index (κ3) is 6.35. The lowest BCUT2D eigenvalue weighted by Crippen LogP contribution is -2.38. The molecule has 1 heterocycles. The van der Waals surface area contributed by atoms with Crippen molar-refractivity contribution in [3.8, 4) is 0 Å². The lowest BCUT2D eigenvalue weighted by Gasteiger charge is -2.22. The first kappa shape index (κ1) is 14.9. The molecule has 102 valence electrons.